The molecule has 0 radical (unpaired) electrons. The quantitative estimate of drug-likeness (QED) is 0.778. The maximum Gasteiger partial charge on any atom is 0.268 e. The number of imidazole rings is 1. The zero-order chi connectivity index (χ0) is 16.3. The lowest BCUT2D eigenvalue weighted by molar-refractivity contribution is 0.0928. The summed E-state index contributed by atoms with van der Waals surface area (Å²) in [5, 5.41) is 2.83. The Morgan fingerprint density at radius 3 is 2.77 bits per heavy atom. The second kappa shape index (κ2) is 6.32. The van der Waals surface area contributed by atoms with E-state index in [1.807, 2.05) is 17.7 Å². The largest absolute Gasteiger partial charge is 0.347 e. The van der Waals surface area contributed by atoms with E-state index in [1.165, 1.54) is 23.9 Å². The van der Waals surface area contributed by atoms with Gasteiger partial charge in [-0.1, -0.05) is 0 Å². The predicted molar refractivity (Wildman–Crippen MR) is 80.8 cm³/mol. The van der Waals surface area contributed by atoms with Gasteiger partial charge >= 0.3 is 0 Å². The molecule has 22 heavy (non-hydrogen) atoms. The van der Waals surface area contributed by atoms with Gasteiger partial charge in [-0.15, -0.1) is 0 Å². The minimum absolute atomic E-state index is 0.0601. The van der Waals surface area contributed by atoms with Gasteiger partial charge in [-0.05, 0) is 20.0 Å². The predicted octanol–water partition coefficient (Wildman–Crippen LogP) is -0.0518. The molecule has 0 unspecified atom stereocenters. The Labute approximate surface area is 129 Å². The van der Waals surface area contributed by atoms with Crippen LogP contribution in [0.15, 0.2) is 35.9 Å². The molecule has 0 aliphatic rings. The fraction of sp³-hybridized carbons (Fsp3) is 0.385. The average molecular weight is 325 g/mol. The summed E-state index contributed by atoms with van der Waals surface area (Å²) in [5.41, 5.74) is 0.284. The van der Waals surface area contributed by atoms with Crippen molar-refractivity contribution in [3.05, 3.63) is 36.7 Å². The van der Waals surface area contributed by atoms with Gasteiger partial charge in [-0.3, -0.25) is 4.79 Å². The number of sulfonamides is 1. The zero-order valence-electron chi connectivity index (χ0n) is 12.6. The van der Waals surface area contributed by atoms with Gasteiger partial charge in [0.15, 0.2) is 0 Å². The molecular weight excluding hydrogens is 306 g/mol. The molecule has 0 aromatic carbocycles. The van der Waals surface area contributed by atoms with Crippen LogP contribution in [0.2, 0.25) is 0 Å². The lowest BCUT2D eigenvalue weighted by Gasteiger charge is -2.14. The van der Waals surface area contributed by atoms with Gasteiger partial charge in [-0.25, -0.2) is 18.1 Å². The number of aromatic nitrogens is 3. The van der Waals surface area contributed by atoms with Crippen molar-refractivity contribution in [3.63, 3.8) is 0 Å². The standard InChI is InChI=1S/C13H19N5O3S/c1-10(7-18-5-4-15-9-18)16-13(19)12-6-11(8-17(12)3)22(20,21)14-2/h4-6,8-10,14H,7H2,1-3H3,(H,16,19)/t10-/m0/s1. The van der Waals surface area contributed by atoms with Crippen LogP contribution >= 0.6 is 0 Å². The summed E-state index contributed by atoms with van der Waals surface area (Å²) in [5.74, 6) is -0.326. The minimum atomic E-state index is -3.57. The molecule has 2 aromatic rings. The van der Waals surface area contributed by atoms with Crippen LogP contribution in [0, 0.1) is 0 Å². The fourth-order valence-electron chi connectivity index (χ4n) is 2.08. The molecular formula is C13H19N5O3S. The van der Waals surface area contributed by atoms with E-state index in [4.69, 9.17) is 0 Å². The van der Waals surface area contributed by atoms with Crippen molar-refractivity contribution in [2.75, 3.05) is 7.05 Å². The number of hydrogen-bond acceptors (Lipinski definition) is 4. The van der Waals surface area contributed by atoms with Gasteiger partial charge in [0.2, 0.25) is 10.0 Å². The first-order valence-corrected chi connectivity index (χ1v) is 8.18. The number of amides is 1. The highest BCUT2D eigenvalue weighted by molar-refractivity contribution is 7.89. The van der Waals surface area contributed by atoms with Crippen molar-refractivity contribution in [2.45, 2.75) is 24.4 Å². The Kier molecular flexibility index (Phi) is 4.67. The fourth-order valence-corrected chi connectivity index (χ4v) is 2.88. The number of rotatable bonds is 6. The summed E-state index contributed by atoms with van der Waals surface area (Å²) in [6, 6.07) is 1.23. The van der Waals surface area contributed by atoms with E-state index >= 15 is 0 Å². The third-order valence-corrected chi connectivity index (χ3v) is 4.59. The molecule has 0 aliphatic heterocycles. The number of hydrogen-bond donors (Lipinski definition) is 2. The zero-order valence-corrected chi connectivity index (χ0v) is 13.5. The van der Waals surface area contributed by atoms with Crippen LogP contribution in [0.3, 0.4) is 0 Å². The lowest BCUT2D eigenvalue weighted by atomic mass is 10.3. The Morgan fingerprint density at radius 2 is 2.18 bits per heavy atom. The van der Waals surface area contributed by atoms with Gasteiger partial charge in [0.25, 0.3) is 5.91 Å². The number of carbonyl (C=O) groups excluding carboxylic acids is 1. The van der Waals surface area contributed by atoms with Crippen LogP contribution in [0.5, 0.6) is 0 Å². The highest BCUT2D eigenvalue weighted by Gasteiger charge is 2.20. The molecule has 120 valence electrons. The van der Waals surface area contributed by atoms with Crippen LogP contribution in [0.25, 0.3) is 0 Å². The highest BCUT2D eigenvalue weighted by atomic mass is 32.2. The molecule has 2 aromatic heterocycles. The topological polar surface area (TPSA) is 98.0 Å². The van der Waals surface area contributed by atoms with E-state index in [0.29, 0.717) is 6.54 Å². The third kappa shape index (κ3) is 3.55. The first-order chi connectivity index (χ1) is 10.3. The summed E-state index contributed by atoms with van der Waals surface area (Å²) in [6.45, 7) is 2.45. The number of nitrogens with zero attached hydrogens (tertiary/aromatic N) is 3. The van der Waals surface area contributed by atoms with Crippen molar-refractivity contribution < 1.29 is 13.2 Å². The number of carbonyl (C=O) groups is 1. The van der Waals surface area contributed by atoms with Gasteiger partial charge in [0.1, 0.15) is 10.6 Å². The summed E-state index contributed by atoms with van der Waals surface area (Å²) in [7, 11) is -0.608. The molecule has 0 spiro atoms. The van der Waals surface area contributed by atoms with Crippen LogP contribution in [0.1, 0.15) is 17.4 Å². The molecule has 2 N–H and O–H groups in total. The van der Waals surface area contributed by atoms with Crippen LogP contribution in [-0.4, -0.2) is 41.5 Å². The van der Waals surface area contributed by atoms with E-state index in [0.717, 1.165) is 0 Å². The molecule has 8 nitrogen and oxygen atoms in total. The summed E-state index contributed by atoms with van der Waals surface area (Å²) in [6.07, 6.45) is 6.55. The first kappa shape index (κ1) is 16.2. The molecule has 0 fully saturated rings. The molecule has 2 heterocycles. The first-order valence-electron chi connectivity index (χ1n) is 6.70. The van der Waals surface area contributed by atoms with Gasteiger partial charge in [-0.2, -0.15) is 0 Å². The second-order valence-corrected chi connectivity index (χ2v) is 6.90. The average Bonchev–Trinajstić information content (AvgIpc) is 3.08. The van der Waals surface area contributed by atoms with Gasteiger partial charge in [0, 0.05) is 38.2 Å². The van der Waals surface area contributed by atoms with Gasteiger partial charge in [0.05, 0.1) is 6.33 Å². The lowest BCUT2D eigenvalue weighted by Crippen LogP contribution is -2.36. The molecule has 1 atom stereocenters. The highest BCUT2D eigenvalue weighted by Crippen LogP contribution is 2.13. The maximum absolute atomic E-state index is 12.3. The SMILES string of the molecule is CNS(=O)(=O)c1cc(C(=O)N[C@@H](C)Cn2ccnc2)n(C)c1. The van der Waals surface area contributed by atoms with Gasteiger partial charge < -0.3 is 14.5 Å². The van der Waals surface area contributed by atoms with Crippen LogP contribution in [0.4, 0.5) is 0 Å². The molecule has 1 amide bonds. The van der Waals surface area contributed by atoms with Crippen molar-refractivity contribution in [1.82, 2.24) is 24.2 Å². The molecule has 2 rings (SSSR count). The maximum atomic E-state index is 12.3. The van der Waals surface area contributed by atoms with Crippen molar-refractivity contribution in [3.8, 4) is 0 Å². The molecule has 0 saturated heterocycles. The van der Waals surface area contributed by atoms with E-state index < -0.39 is 10.0 Å². The second-order valence-electron chi connectivity index (χ2n) is 5.01. The summed E-state index contributed by atoms with van der Waals surface area (Å²) >= 11 is 0. The van der Waals surface area contributed by atoms with E-state index in [-0.39, 0.29) is 22.5 Å². The smallest absolute Gasteiger partial charge is 0.268 e. The van der Waals surface area contributed by atoms with Crippen molar-refractivity contribution >= 4 is 15.9 Å². The molecule has 0 saturated carbocycles. The molecule has 9 heteroatoms. The van der Waals surface area contributed by atoms with Crippen molar-refractivity contribution in [2.24, 2.45) is 7.05 Å². The van der Waals surface area contributed by atoms with E-state index in [1.54, 1.807) is 19.6 Å². The monoisotopic (exact) mass is 325 g/mol. The summed E-state index contributed by atoms with van der Waals surface area (Å²) < 4.78 is 29.1. The summed E-state index contributed by atoms with van der Waals surface area (Å²) in [4.78, 5) is 16.3. The Hall–Kier alpha value is -2.13. The molecule has 0 bridgehead atoms. The number of aryl methyl sites for hydroxylation is 1. The number of nitrogens with one attached hydrogen (secondary N) is 2. The Balaban J connectivity index is 2.10. The third-order valence-electron chi connectivity index (χ3n) is 3.21. The Bertz CT molecular complexity index is 749. The van der Waals surface area contributed by atoms with Crippen molar-refractivity contribution in [1.29, 1.82) is 0 Å². The minimum Gasteiger partial charge on any atom is -0.347 e. The van der Waals surface area contributed by atoms with Crippen LogP contribution in [-0.2, 0) is 23.6 Å². The molecule has 0 aliphatic carbocycles. The normalized spacial score (nSPS) is 13.0. The Morgan fingerprint density at radius 1 is 1.45 bits per heavy atom. The van der Waals surface area contributed by atoms with Crippen LogP contribution < -0.4 is 10.0 Å². The van der Waals surface area contributed by atoms with E-state index in [9.17, 15) is 13.2 Å². The van der Waals surface area contributed by atoms with E-state index in [2.05, 4.69) is 15.0 Å².